The Hall–Kier alpha value is -0.880. The first kappa shape index (κ1) is 15.5. The SMILES string of the molecule is CCC(C)n1ccc(CC(CO)C2CCS(=O)(=O)C2)n1. The van der Waals surface area contributed by atoms with Gasteiger partial charge in [-0.25, -0.2) is 8.42 Å². The Morgan fingerprint density at radius 1 is 1.55 bits per heavy atom. The van der Waals surface area contributed by atoms with Gasteiger partial charge in [-0.05, 0) is 44.1 Å². The lowest BCUT2D eigenvalue weighted by Gasteiger charge is -2.19. The third-order valence-electron chi connectivity index (χ3n) is 4.35. The van der Waals surface area contributed by atoms with Crippen LogP contribution >= 0.6 is 0 Å². The smallest absolute Gasteiger partial charge is 0.150 e. The Morgan fingerprint density at radius 2 is 2.30 bits per heavy atom. The molecule has 1 fully saturated rings. The molecule has 6 heteroatoms. The van der Waals surface area contributed by atoms with Crippen molar-refractivity contribution < 1.29 is 13.5 Å². The standard InChI is InChI=1S/C14H24N2O3S/c1-3-11(2)16-6-4-14(15-16)8-13(9-17)12-5-7-20(18,19)10-12/h4,6,11-13,17H,3,5,7-10H2,1-2H3. The van der Waals surface area contributed by atoms with Gasteiger partial charge in [0.25, 0.3) is 0 Å². The van der Waals surface area contributed by atoms with Crippen LogP contribution in [0.5, 0.6) is 0 Å². The van der Waals surface area contributed by atoms with Gasteiger partial charge in [0.2, 0.25) is 0 Å². The molecule has 1 saturated heterocycles. The summed E-state index contributed by atoms with van der Waals surface area (Å²) in [6.07, 6.45) is 4.30. The summed E-state index contributed by atoms with van der Waals surface area (Å²) < 4.78 is 25.0. The molecule has 5 nitrogen and oxygen atoms in total. The van der Waals surface area contributed by atoms with Gasteiger partial charge in [-0.15, -0.1) is 0 Å². The molecule has 114 valence electrons. The third kappa shape index (κ3) is 3.61. The number of hydrogen-bond donors (Lipinski definition) is 1. The molecule has 1 aromatic rings. The number of sulfone groups is 1. The topological polar surface area (TPSA) is 72.2 Å². The lowest BCUT2D eigenvalue weighted by Crippen LogP contribution is -2.22. The molecular formula is C14H24N2O3S. The maximum Gasteiger partial charge on any atom is 0.150 e. The molecule has 0 spiro atoms. The van der Waals surface area contributed by atoms with Crippen molar-refractivity contribution in [2.75, 3.05) is 18.1 Å². The average molecular weight is 300 g/mol. The van der Waals surface area contributed by atoms with Crippen molar-refractivity contribution in [3.63, 3.8) is 0 Å². The molecule has 2 heterocycles. The summed E-state index contributed by atoms with van der Waals surface area (Å²) >= 11 is 0. The maximum absolute atomic E-state index is 11.5. The summed E-state index contributed by atoms with van der Waals surface area (Å²) in [7, 11) is -2.89. The van der Waals surface area contributed by atoms with E-state index in [4.69, 9.17) is 0 Å². The van der Waals surface area contributed by atoms with Crippen molar-refractivity contribution in [3.8, 4) is 0 Å². The first-order valence-corrected chi connectivity index (χ1v) is 9.12. The molecule has 1 N–H and O–H groups in total. The zero-order valence-corrected chi connectivity index (χ0v) is 13.0. The van der Waals surface area contributed by atoms with Gasteiger partial charge < -0.3 is 5.11 Å². The Kier molecular flexibility index (Phi) is 4.86. The molecule has 1 aliphatic rings. The van der Waals surface area contributed by atoms with Crippen LogP contribution in [0.1, 0.15) is 38.4 Å². The summed E-state index contributed by atoms with van der Waals surface area (Å²) in [5.41, 5.74) is 0.939. The van der Waals surface area contributed by atoms with Crippen LogP contribution in [-0.4, -0.2) is 41.4 Å². The second-order valence-corrected chi connectivity index (χ2v) is 8.08. The van der Waals surface area contributed by atoms with E-state index in [1.54, 1.807) is 0 Å². The van der Waals surface area contributed by atoms with E-state index in [-0.39, 0.29) is 29.9 Å². The highest BCUT2D eigenvalue weighted by Gasteiger charge is 2.33. The summed E-state index contributed by atoms with van der Waals surface area (Å²) in [5.74, 6) is 0.533. The Bertz CT molecular complexity index is 538. The number of aliphatic hydroxyl groups excluding tert-OH is 1. The van der Waals surface area contributed by atoms with Gasteiger partial charge in [0, 0.05) is 18.8 Å². The van der Waals surface area contributed by atoms with Gasteiger partial charge in [-0.3, -0.25) is 4.68 Å². The second-order valence-electron chi connectivity index (χ2n) is 5.85. The monoisotopic (exact) mass is 300 g/mol. The molecule has 1 aliphatic heterocycles. The minimum absolute atomic E-state index is 0.00689. The first-order valence-electron chi connectivity index (χ1n) is 7.30. The van der Waals surface area contributed by atoms with Crippen LogP contribution in [0.2, 0.25) is 0 Å². The van der Waals surface area contributed by atoms with Crippen molar-refractivity contribution in [1.82, 2.24) is 9.78 Å². The summed E-state index contributed by atoms with van der Waals surface area (Å²) in [6, 6.07) is 2.33. The summed E-state index contributed by atoms with van der Waals surface area (Å²) in [6.45, 7) is 4.26. The Labute approximate surface area is 120 Å². The van der Waals surface area contributed by atoms with Gasteiger partial charge in [0.05, 0.1) is 17.2 Å². The molecule has 0 amide bonds. The molecular weight excluding hydrogens is 276 g/mol. The van der Waals surface area contributed by atoms with Gasteiger partial charge >= 0.3 is 0 Å². The van der Waals surface area contributed by atoms with Crippen molar-refractivity contribution >= 4 is 9.84 Å². The molecule has 20 heavy (non-hydrogen) atoms. The van der Waals surface area contributed by atoms with Gasteiger partial charge in [0.15, 0.2) is 9.84 Å². The van der Waals surface area contributed by atoms with Gasteiger partial charge in [-0.1, -0.05) is 6.92 Å². The number of aromatic nitrogens is 2. The fourth-order valence-corrected chi connectivity index (χ4v) is 4.68. The predicted molar refractivity (Wildman–Crippen MR) is 78.3 cm³/mol. The number of aliphatic hydroxyl groups is 1. The molecule has 1 aromatic heterocycles. The van der Waals surface area contributed by atoms with E-state index in [9.17, 15) is 13.5 Å². The van der Waals surface area contributed by atoms with Gasteiger partial charge in [0.1, 0.15) is 0 Å². The Morgan fingerprint density at radius 3 is 2.85 bits per heavy atom. The van der Waals surface area contributed by atoms with Crippen LogP contribution in [-0.2, 0) is 16.3 Å². The highest BCUT2D eigenvalue weighted by atomic mass is 32.2. The maximum atomic E-state index is 11.5. The van der Waals surface area contributed by atoms with E-state index in [0.717, 1.165) is 12.1 Å². The van der Waals surface area contributed by atoms with E-state index in [0.29, 0.717) is 18.9 Å². The van der Waals surface area contributed by atoms with Crippen LogP contribution in [0.25, 0.3) is 0 Å². The number of nitrogens with zero attached hydrogens (tertiary/aromatic N) is 2. The fraction of sp³-hybridized carbons (Fsp3) is 0.786. The minimum Gasteiger partial charge on any atom is -0.396 e. The van der Waals surface area contributed by atoms with Crippen LogP contribution in [0.3, 0.4) is 0 Å². The first-order chi connectivity index (χ1) is 9.45. The molecule has 3 atom stereocenters. The van der Waals surface area contributed by atoms with Crippen molar-refractivity contribution in [2.45, 2.75) is 39.2 Å². The lowest BCUT2D eigenvalue weighted by molar-refractivity contribution is 0.182. The lowest BCUT2D eigenvalue weighted by atomic mass is 9.89. The molecule has 2 rings (SSSR count). The normalized spacial score (nSPS) is 24.6. The molecule has 0 aromatic carbocycles. The zero-order chi connectivity index (χ0) is 14.8. The van der Waals surface area contributed by atoms with E-state index >= 15 is 0 Å². The Balaban J connectivity index is 2.02. The molecule has 3 unspecified atom stereocenters. The van der Waals surface area contributed by atoms with E-state index in [1.165, 1.54) is 0 Å². The summed E-state index contributed by atoms with van der Waals surface area (Å²) in [5, 5.41) is 14.1. The predicted octanol–water partition coefficient (Wildman–Crippen LogP) is 1.44. The third-order valence-corrected chi connectivity index (χ3v) is 6.14. The molecule has 0 saturated carbocycles. The van der Waals surface area contributed by atoms with Gasteiger partial charge in [-0.2, -0.15) is 5.10 Å². The van der Waals surface area contributed by atoms with E-state index in [2.05, 4.69) is 18.9 Å². The average Bonchev–Trinajstić information content (AvgIpc) is 3.01. The highest BCUT2D eigenvalue weighted by molar-refractivity contribution is 7.91. The fourth-order valence-electron chi connectivity index (χ4n) is 2.76. The largest absolute Gasteiger partial charge is 0.396 e. The molecule has 0 radical (unpaired) electrons. The quantitative estimate of drug-likeness (QED) is 0.863. The molecule has 0 bridgehead atoms. The van der Waals surface area contributed by atoms with Crippen LogP contribution in [0.15, 0.2) is 12.3 Å². The summed E-state index contributed by atoms with van der Waals surface area (Å²) in [4.78, 5) is 0. The van der Waals surface area contributed by atoms with E-state index in [1.807, 2.05) is 16.9 Å². The van der Waals surface area contributed by atoms with Crippen LogP contribution in [0.4, 0.5) is 0 Å². The van der Waals surface area contributed by atoms with Crippen LogP contribution in [0, 0.1) is 11.8 Å². The molecule has 0 aliphatic carbocycles. The van der Waals surface area contributed by atoms with Crippen molar-refractivity contribution in [3.05, 3.63) is 18.0 Å². The zero-order valence-electron chi connectivity index (χ0n) is 12.2. The van der Waals surface area contributed by atoms with Crippen LogP contribution < -0.4 is 0 Å². The highest BCUT2D eigenvalue weighted by Crippen LogP contribution is 2.28. The second kappa shape index (κ2) is 6.26. The number of rotatable bonds is 6. The van der Waals surface area contributed by atoms with Crippen molar-refractivity contribution in [1.29, 1.82) is 0 Å². The number of hydrogen-bond acceptors (Lipinski definition) is 4. The van der Waals surface area contributed by atoms with E-state index < -0.39 is 9.84 Å². The van der Waals surface area contributed by atoms with Crippen molar-refractivity contribution in [2.24, 2.45) is 11.8 Å². The minimum atomic E-state index is -2.89.